The summed E-state index contributed by atoms with van der Waals surface area (Å²) in [6.07, 6.45) is 0. The maximum absolute atomic E-state index is 13.1. The standard InChI is InChI=1S/C22H24ClFN4O2S/c1-14(16-6-10-19(24)11-7-16)25-21(29)15(2)31-22-27-26-20(28(22)12-13-30-3)17-4-8-18(23)9-5-17/h4-11,14-15H,12-13H2,1-3H3,(H,25,29)/t14-,15-/m1/s1. The third-order valence-electron chi connectivity index (χ3n) is 4.72. The summed E-state index contributed by atoms with van der Waals surface area (Å²) in [7, 11) is 1.63. The van der Waals surface area contributed by atoms with Crippen LogP contribution in [0.5, 0.6) is 0 Å². The van der Waals surface area contributed by atoms with Gasteiger partial charge in [0, 0.05) is 17.7 Å². The van der Waals surface area contributed by atoms with E-state index < -0.39 is 5.25 Å². The average molecular weight is 463 g/mol. The first-order valence-electron chi connectivity index (χ1n) is 9.79. The lowest BCUT2D eigenvalue weighted by Gasteiger charge is -2.18. The first-order chi connectivity index (χ1) is 14.9. The molecule has 1 heterocycles. The number of nitrogens with zero attached hydrogens (tertiary/aromatic N) is 3. The molecule has 2 aromatic carbocycles. The van der Waals surface area contributed by atoms with Gasteiger partial charge in [0.2, 0.25) is 5.91 Å². The number of hydrogen-bond donors (Lipinski definition) is 1. The van der Waals surface area contributed by atoms with E-state index in [-0.39, 0.29) is 17.8 Å². The maximum atomic E-state index is 13.1. The third kappa shape index (κ3) is 6.06. The third-order valence-corrected chi connectivity index (χ3v) is 6.05. The van der Waals surface area contributed by atoms with Crippen LogP contribution < -0.4 is 5.32 Å². The second-order valence-corrected chi connectivity index (χ2v) is 8.74. The van der Waals surface area contributed by atoms with Gasteiger partial charge < -0.3 is 10.1 Å². The highest BCUT2D eigenvalue weighted by atomic mass is 35.5. The molecule has 1 N–H and O–H groups in total. The number of rotatable bonds is 9. The van der Waals surface area contributed by atoms with Gasteiger partial charge in [0.05, 0.1) is 24.4 Å². The van der Waals surface area contributed by atoms with E-state index in [4.69, 9.17) is 16.3 Å². The van der Waals surface area contributed by atoms with Crippen LogP contribution in [-0.2, 0) is 16.1 Å². The van der Waals surface area contributed by atoms with Crippen molar-refractivity contribution in [1.29, 1.82) is 0 Å². The number of halogens is 2. The number of amides is 1. The molecular weight excluding hydrogens is 439 g/mol. The number of hydrogen-bond acceptors (Lipinski definition) is 5. The molecule has 0 aliphatic heterocycles. The predicted molar refractivity (Wildman–Crippen MR) is 121 cm³/mol. The summed E-state index contributed by atoms with van der Waals surface area (Å²) in [6, 6.07) is 13.2. The van der Waals surface area contributed by atoms with Crippen molar-refractivity contribution in [3.8, 4) is 11.4 Å². The van der Waals surface area contributed by atoms with Gasteiger partial charge in [-0.1, -0.05) is 35.5 Å². The van der Waals surface area contributed by atoms with Crippen LogP contribution in [-0.4, -0.2) is 39.6 Å². The molecular formula is C22H24ClFN4O2S. The molecule has 164 valence electrons. The smallest absolute Gasteiger partial charge is 0.233 e. The van der Waals surface area contributed by atoms with Crippen molar-refractivity contribution in [2.24, 2.45) is 0 Å². The van der Waals surface area contributed by atoms with Gasteiger partial charge in [-0.2, -0.15) is 0 Å². The summed E-state index contributed by atoms with van der Waals surface area (Å²) in [5.41, 5.74) is 1.71. The van der Waals surface area contributed by atoms with Gasteiger partial charge in [-0.3, -0.25) is 9.36 Å². The molecule has 1 aromatic heterocycles. The molecule has 0 bridgehead atoms. The van der Waals surface area contributed by atoms with E-state index in [1.807, 2.05) is 30.5 Å². The lowest BCUT2D eigenvalue weighted by Crippen LogP contribution is -2.33. The molecule has 0 fully saturated rings. The lowest BCUT2D eigenvalue weighted by atomic mass is 10.1. The number of methoxy groups -OCH3 is 1. The number of thioether (sulfide) groups is 1. The minimum atomic E-state index is -0.411. The minimum Gasteiger partial charge on any atom is -0.383 e. The molecule has 1 amide bonds. The van der Waals surface area contributed by atoms with Gasteiger partial charge in [0.25, 0.3) is 0 Å². The number of carbonyl (C=O) groups excluding carboxylic acids is 1. The largest absolute Gasteiger partial charge is 0.383 e. The highest BCUT2D eigenvalue weighted by molar-refractivity contribution is 8.00. The molecule has 6 nitrogen and oxygen atoms in total. The zero-order valence-electron chi connectivity index (χ0n) is 17.5. The fourth-order valence-corrected chi connectivity index (χ4v) is 3.96. The van der Waals surface area contributed by atoms with Crippen molar-refractivity contribution in [1.82, 2.24) is 20.1 Å². The zero-order valence-corrected chi connectivity index (χ0v) is 19.1. The van der Waals surface area contributed by atoms with E-state index in [9.17, 15) is 9.18 Å². The van der Waals surface area contributed by atoms with Crippen molar-refractivity contribution in [3.05, 3.63) is 64.9 Å². The highest BCUT2D eigenvalue weighted by Gasteiger charge is 2.22. The van der Waals surface area contributed by atoms with Crippen LogP contribution >= 0.6 is 23.4 Å². The van der Waals surface area contributed by atoms with Crippen molar-refractivity contribution in [2.75, 3.05) is 13.7 Å². The Morgan fingerprint density at radius 2 is 1.84 bits per heavy atom. The van der Waals surface area contributed by atoms with Crippen LogP contribution in [0.1, 0.15) is 25.5 Å². The summed E-state index contributed by atoms with van der Waals surface area (Å²) in [4.78, 5) is 12.7. The average Bonchev–Trinajstić information content (AvgIpc) is 3.15. The molecule has 31 heavy (non-hydrogen) atoms. The Kier molecular flexibility index (Phi) is 8.06. The van der Waals surface area contributed by atoms with E-state index in [2.05, 4.69) is 15.5 Å². The van der Waals surface area contributed by atoms with Crippen LogP contribution in [0.15, 0.2) is 53.7 Å². The van der Waals surface area contributed by atoms with E-state index in [1.165, 1.54) is 23.9 Å². The maximum Gasteiger partial charge on any atom is 0.233 e. The molecule has 0 radical (unpaired) electrons. The first-order valence-corrected chi connectivity index (χ1v) is 11.1. The first kappa shape index (κ1) is 23.2. The van der Waals surface area contributed by atoms with Crippen LogP contribution in [0.2, 0.25) is 5.02 Å². The Hall–Kier alpha value is -2.42. The molecule has 2 atom stereocenters. The van der Waals surface area contributed by atoms with Gasteiger partial charge in [0.1, 0.15) is 5.82 Å². The van der Waals surface area contributed by atoms with Crippen LogP contribution in [0.25, 0.3) is 11.4 Å². The molecule has 3 aromatic rings. The molecule has 0 spiro atoms. The lowest BCUT2D eigenvalue weighted by molar-refractivity contribution is -0.120. The summed E-state index contributed by atoms with van der Waals surface area (Å²) < 4.78 is 20.3. The summed E-state index contributed by atoms with van der Waals surface area (Å²) in [5, 5.41) is 12.4. The molecule has 0 saturated carbocycles. The van der Waals surface area contributed by atoms with Gasteiger partial charge in [-0.15, -0.1) is 10.2 Å². The molecule has 0 aliphatic rings. The van der Waals surface area contributed by atoms with Crippen LogP contribution in [0.3, 0.4) is 0 Å². The summed E-state index contributed by atoms with van der Waals surface area (Å²) in [5.74, 6) is 0.234. The second-order valence-electron chi connectivity index (χ2n) is 7.00. The molecule has 0 unspecified atom stereocenters. The number of carbonyl (C=O) groups is 1. The summed E-state index contributed by atoms with van der Waals surface area (Å²) in [6.45, 7) is 4.70. The Morgan fingerprint density at radius 3 is 2.48 bits per heavy atom. The van der Waals surface area contributed by atoms with Crippen molar-refractivity contribution in [3.63, 3.8) is 0 Å². The quantitative estimate of drug-likeness (QED) is 0.465. The number of ether oxygens (including phenoxy) is 1. The van der Waals surface area contributed by atoms with Crippen molar-refractivity contribution >= 4 is 29.3 Å². The fourth-order valence-electron chi connectivity index (χ4n) is 2.95. The van der Waals surface area contributed by atoms with Gasteiger partial charge in [0.15, 0.2) is 11.0 Å². The topological polar surface area (TPSA) is 69.0 Å². The second kappa shape index (κ2) is 10.7. The number of aromatic nitrogens is 3. The fraction of sp³-hybridized carbons (Fsp3) is 0.318. The Morgan fingerprint density at radius 1 is 1.16 bits per heavy atom. The van der Waals surface area contributed by atoms with Gasteiger partial charge in [-0.05, 0) is 55.8 Å². The number of nitrogens with one attached hydrogen (secondary N) is 1. The van der Waals surface area contributed by atoms with E-state index >= 15 is 0 Å². The molecule has 3 rings (SSSR count). The molecule has 0 aliphatic carbocycles. The van der Waals surface area contributed by atoms with Gasteiger partial charge in [-0.25, -0.2) is 4.39 Å². The number of benzene rings is 2. The Balaban J connectivity index is 1.73. The molecule has 9 heteroatoms. The zero-order chi connectivity index (χ0) is 22.4. The van der Waals surface area contributed by atoms with Crippen molar-refractivity contribution < 1.29 is 13.9 Å². The molecule has 0 saturated heterocycles. The summed E-state index contributed by atoms with van der Waals surface area (Å²) >= 11 is 7.32. The highest BCUT2D eigenvalue weighted by Crippen LogP contribution is 2.28. The van der Waals surface area contributed by atoms with E-state index in [0.717, 1.165) is 11.1 Å². The monoisotopic (exact) mass is 462 g/mol. The van der Waals surface area contributed by atoms with Crippen molar-refractivity contribution in [2.45, 2.75) is 36.8 Å². The Bertz CT molecular complexity index is 1010. The predicted octanol–water partition coefficient (Wildman–Crippen LogP) is 4.74. The van der Waals surface area contributed by atoms with Gasteiger partial charge >= 0.3 is 0 Å². The normalized spacial score (nSPS) is 13.1. The van der Waals surface area contributed by atoms with E-state index in [0.29, 0.717) is 29.2 Å². The Labute approximate surface area is 190 Å². The SMILES string of the molecule is COCCn1c(S[C@H](C)C(=O)N[C@H](C)c2ccc(F)cc2)nnc1-c1ccc(Cl)cc1. The minimum absolute atomic E-state index is 0.142. The van der Waals surface area contributed by atoms with Crippen LogP contribution in [0.4, 0.5) is 4.39 Å². The van der Waals surface area contributed by atoms with E-state index in [1.54, 1.807) is 31.4 Å². The van der Waals surface area contributed by atoms with Crippen LogP contribution in [0, 0.1) is 5.82 Å².